The Hall–Kier alpha value is -1.06. The molecule has 2 fully saturated rings. The molecule has 1 saturated carbocycles. The van der Waals surface area contributed by atoms with Crippen LogP contribution < -0.4 is 5.32 Å². The first kappa shape index (κ1) is 8.53. The summed E-state index contributed by atoms with van der Waals surface area (Å²) in [5, 5.41) is 2.77. The Morgan fingerprint density at radius 2 is 2.08 bits per heavy atom. The molecule has 1 atom stereocenters. The van der Waals surface area contributed by atoms with Gasteiger partial charge in [0.1, 0.15) is 6.04 Å². The lowest BCUT2D eigenvalue weighted by molar-refractivity contribution is -0.145. The molecule has 13 heavy (non-hydrogen) atoms. The molecular formula is C9H14N2O2. The highest BCUT2D eigenvalue weighted by Crippen LogP contribution is 2.31. The molecule has 2 amide bonds. The second kappa shape index (κ2) is 3.01. The van der Waals surface area contributed by atoms with Gasteiger partial charge in [-0.25, -0.2) is 0 Å². The topological polar surface area (TPSA) is 49.4 Å². The van der Waals surface area contributed by atoms with Crippen molar-refractivity contribution in [1.29, 1.82) is 0 Å². The van der Waals surface area contributed by atoms with E-state index in [1.54, 1.807) is 7.05 Å². The second-order valence-electron chi connectivity index (χ2n) is 3.93. The SMILES string of the molecule is CN1CC(=O)NC(C2CCC2)C1=O. The summed E-state index contributed by atoms with van der Waals surface area (Å²) in [7, 11) is 1.69. The molecule has 4 heteroatoms. The number of nitrogens with zero attached hydrogens (tertiary/aromatic N) is 1. The molecule has 0 aromatic rings. The van der Waals surface area contributed by atoms with Gasteiger partial charge in [0, 0.05) is 7.05 Å². The molecule has 1 saturated heterocycles. The minimum absolute atomic E-state index is 0.0287. The zero-order valence-corrected chi connectivity index (χ0v) is 7.75. The first-order valence-corrected chi connectivity index (χ1v) is 4.73. The minimum atomic E-state index is -0.236. The Morgan fingerprint density at radius 3 is 2.62 bits per heavy atom. The van der Waals surface area contributed by atoms with E-state index in [1.807, 2.05) is 0 Å². The summed E-state index contributed by atoms with van der Waals surface area (Å²) in [6.45, 7) is 0.210. The number of piperazine rings is 1. The van der Waals surface area contributed by atoms with Crippen molar-refractivity contribution < 1.29 is 9.59 Å². The second-order valence-corrected chi connectivity index (χ2v) is 3.93. The lowest BCUT2D eigenvalue weighted by atomic mass is 9.78. The van der Waals surface area contributed by atoms with E-state index in [1.165, 1.54) is 11.3 Å². The molecule has 1 aliphatic carbocycles. The maximum Gasteiger partial charge on any atom is 0.245 e. The van der Waals surface area contributed by atoms with Gasteiger partial charge in [0.25, 0.3) is 0 Å². The van der Waals surface area contributed by atoms with Gasteiger partial charge in [-0.05, 0) is 18.8 Å². The number of hydrogen-bond donors (Lipinski definition) is 1. The molecule has 1 heterocycles. The fraction of sp³-hybridized carbons (Fsp3) is 0.778. The van der Waals surface area contributed by atoms with E-state index in [0.717, 1.165) is 12.8 Å². The van der Waals surface area contributed by atoms with E-state index in [2.05, 4.69) is 5.32 Å². The average molecular weight is 182 g/mol. The van der Waals surface area contributed by atoms with E-state index in [9.17, 15) is 9.59 Å². The quantitative estimate of drug-likeness (QED) is 0.607. The Bertz CT molecular complexity index is 248. The number of nitrogens with one attached hydrogen (secondary N) is 1. The summed E-state index contributed by atoms with van der Waals surface area (Å²) < 4.78 is 0. The van der Waals surface area contributed by atoms with Gasteiger partial charge in [0.15, 0.2) is 0 Å². The molecular weight excluding hydrogens is 168 g/mol. The van der Waals surface area contributed by atoms with Gasteiger partial charge in [-0.1, -0.05) is 6.42 Å². The maximum absolute atomic E-state index is 11.6. The summed E-state index contributed by atoms with van der Waals surface area (Å²) in [5.74, 6) is 0.433. The van der Waals surface area contributed by atoms with Crippen LogP contribution in [0.15, 0.2) is 0 Å². The summed E-state index contributed by atoms with van der Waals surface area (Å²) in [5.41, 5.74) is 0. The van der Waals surface area contributed by atoms with Crippen molar-refractivity contribution in [1.82, 2.24) is 10.2 Å². The first-order valence-electron chi connectivity index (χ1n) is 4.73. The highest BCUT2D eigenvalue weighted by atomic mass is 16.2. The van der Waals surface area contributed by atoms with Gasteiger partial charge in [0.2, 0.25) is 11.8 Å². The molecule has 1 unspecified atom stereocenters. The number of carbonyl (C=O) groups is 2. The zero-order chi connectivity index (χ0) is 9.42. The van der Waals surface area contributed by atoms with Crippen LogP contribution in [0.4, 0.5) is 0 Å². The monoisotopic (exact) mass is 182 g/mol. The van der Waals surface area contributed by atoms with Crippen LogP contribution in [0.25, 0.3) is 0 Å². The Morgan fingerprint density at radius 1 is 1.38 bits per heavy atom. The summed E-state index contributed by atoms with van der Waals surface area (Å²) >= 11 is 0. The van der Waals surface area contributed by atoms with E-state index in [0.29, 0.717) is 5.92 Å². The largest absolute Gasteiger partial charge is 0.342 e. The van der Waals surface area contributed by atoms with Crippen LogP contribution in [0.2, 0.25) is 0 Å². The smallest absolute Gasteiger partial charge is 0.245 e. The third-order valence-electron chi connectivity index (χ3n) is 2.96. The van der Waals surface area contributed by atoms with Crippen molar-refractivity contribution in [3.63, 3.8) is 0 Å². The van der Waals surface area contributed by atoms with Crippen molar-refractivity contribution in [3.8, 4) is 0 Å². The number of rotatable bonds is 1. The van der Waals surface area contributed by atoms with Crippen LogP contribution in [0.1, 0.15) is 19.3 Å². The van der Waals surface area contributed by atoms with Crippen molar-refractivity contribution in [2.45, 2.75) is 25.3 Å². The summed E-state index contributed by atoms with van der Waals surface area (Å²) in [4.78, 5) is 24.3. The third-order valence-corrected chi connectivity index (χ3v) is 2.96. The maximum atomic E-state index is 11.6. The Kier molecular flexibility index (Phi) is 1.98. The Labute approximate surface area is 77.3 Å². The zero-order valence-electron chi connectivity index (χ0n) is 7.75. The van der Waals surface area contributed by atoms with Crippen molar-refractivity contribution >= 4 is 11.8 Å². The molecule has 1 aliphatic heterocycles. The van der Waals surface area contributed by atoms with Crippen LogP contribution in [-0.2, 0) is 9.59 Å². The van der Waals surface area contributed by atoms with Crippen LogP contribution in [-0.4, -0.2) is 36.3 Å². The van der Waals surface area contributed by atoms with Crippen LogP contribution >= 0.6 is 0 Å². The molecule has 72 valence electrons. The first-order chi connectivity index (χ1) is 6.18. The number of amides is 2. The van der Waals surface area contributed by atoms with Gasteiger partial charge in [-0.2, -0.15) is 0 Å². The summed E-state index contributed by atoms with van der Waals surface area (Å²) in [6, 6.07) is -0.236. The van der Waals surface area contributed by atoms with Crippen molar-refractivity contribution in [3.05, 3.63) is 0 Å². The van der Waals surface area contributed by atoms with Crippen molar-refractivity contribution in [2.24, 2.45) is 5.92 Å². The molecule has 2 rings (SSSR count). The van der Waals surface area contributed by atoms with Crippen molar-refractivity contribution in [2.75, 3.05) is 13.6 Å². The molecule has 2 aliphatic rings. The molecule has 0 aromatic carbocycles. The average Bonchev–Trinajstić information content (AvgIpc) is 1.95. The number of carbonyl (C=O) groups excluding carboxylic acids is 2. The normalized spacial score (nSPS) is 29.9. The van der Waals surface area contributed by atoms with Gasteiger partial charge >= 0.3 is 0 Å². The van der Waals surface area contributed by atoms with Gasteiger partial charge < -0.3 is 10.2 Å². The van der Waals surface area contributed by atoms with Gasteiger partial charge in [-0.3, -0.25) is 9.59 Å². The van der Waals surface area contributed by atoms with Crippen LogP contribution in [0.3, 0.4) is 0 Å². The minimum Gasteiger partial charge on any atom is -0.342 e. The number of hydrogen-bond acceptors (Lipinski definition) is 2. The van der Waals surface area contributed by atoms with Gasteiger partial charge in [0.05, 0.1) is 6.54 Å². The fourth-order valence-corrected chi connectivity index (χ4v) is 1.90. The highest BCUT2D eigenvalue weighted by molar-refractivity contribution is 5.94. The third kappa shape index (κ3) is 1.41. The molecule has 0 bridgehead atoms. The van der Waals surface area contributed by atoms with Crippen LogP contribution in [0.5, 0.6) is 0 Å². The van der Waals surface area contributed by atoms with Crippen LogP contribution in [0, 0.1) is 5.92 Å². The predicted molar refractivity (Wildman–Crippen MR) is 46.9 cm³/mol. The summed E-state index contributed by atoms with van der Waals surface area (Å²) in [6.07, 6.45) is 3.34. The predicted octanol–water partition coefficient (Wildman–Crippen LogP) is -0.257. The van der Waals surface area contributed by atoms with E-state index >= 15 is 0 Å². The van der Waals surface area contributed by atoms with Gasteiger partial charge in [-0.15, -0.1) is 0 Å². The van der Waals surface area contributed by atoms with E-state index in [-0.39, 0.29) is 24.4 Å². The van der Waals surface area contributed by atoms with E-state index < -0.39 is 0 Å². The highest BCUT2D eigenvalue weighted by Gasteiger charge is 2.38. The number of likely N-dealkylation sites (N-methyl/N-ethyl adjacent to an activating group) is 1. The Balaban J connectivity index is 2.07. The molecule has 4 nitrogen and oxygen atoms in total. The molecule has 0 aromatic heterocycles. The lowest BCUT2D eigenvalue weighted by Crippen LogP contribution is -2.60. The molecule has 1 N–H and O–H groups in total. The van der Waals surface area contributed by atoms with E-state index in [4.69, 9.17) is 0 Å². The lowest BCUT2D eigenvalue weighted by Gasteiger charge is -2.38. The molecule has 0 radical (unpaired) electrons. The molecule has 0 spiro atoms. The fourth-order valence-electron chi connectivity index (χ4n) is 1.90. The standard InChI is InChI=1S/C9H14N2O2/c1-11-5-7(12)10-8(9(11)13)6-3-2-4-6/h6,8H,2-5H2,1H3,(H,10,12).